The maximum atomic E-state index is 13.5. The van der Waals surface area contributed by atoms with Gasteiger partial charge in [0.15, 0.2) is 5.69 Å². The van der Waals surface area contributed by atoms with Gasteiger partial charge < -0.3 is 10.0 Å². The van der Waals surface area contributed by atoms with Gasteiger partial charge in [-0.2, -0.15) is 5.10 Å². The van der Waals surface area contributed by atoms with Crippen LogP contribution in [-0.2, 0) is 24.2 Å². The van der Waals surface area contributed by atoms with Crippen LogP contribution in [0.5, 0.6) is 0 Å². The third-order valence-corrected chi connectivity index (χ3v) is 5.46. The first-order valence-corrected chi connectivity index (χ1v) is 10.3. The number of rotatable bonds is 8. The number of benzene rings is 2. The van der Waals surface area contributed by atoms with Gasteiger partial charge in [0, 0.05) is 30.8 Å². The molecule has 0 saturated heterocycles. The van der Waals surface area contributed by atoms with Crippen molar-refractivity contribution in [2.45, 2.75) is 38.6 Å². The van der Waals surface area contributed by atoms with E-state index < -0.39 is 5.97 Å². The lowest BCUT2D eigenvalue weighted by Gasteiger charge is -2.22. The van der Waals surface area contributed by atoms with Gasteiger partial charge in [-0.3, -0.25) is 9.59 Å². The number of amides is 1. The van der Waals surface area contributed by atoms with Crippen molar-refractivity contribution in [2.75, 3.05) is 6.54 Å². The molecule has 154 valence electrons. The van der Waals surface area contributed by atoms with Gasteiger partial charge in [-0.1, -0.05) is 48.5 Å². The van der Waals surface area contributed by atoms with E-state index in [4.69, 9.17) is 10.2 Å². The zero-order valence-corrected chi connectivity index (χ0v) is 16.8. The predicted molar refractivity (Wildman–Crippen MR) is 114 cm³/mol. The molecule has 4 rings (SSSR count). The highest BCUT2D eigenvalue weighted by Gasteiger charge is 2.29. The van der Waals surface area contributed by atoms with Crippen molar-refractivity contribution in [3.8, 4) is 5.69 Å². The normalized spacial score (nSPS) is 12.5. The van der Waals surface area contributed by atoms with Crippen LogP contribution in [0.4, 0.5) is 0 Å². The Hall–Kier alpha value is -3.41. The predicted octanol–water partition coefficient (Wildman–Crippen LogP) is 3.87. The first-order chi connectivity index (χ1) is 14.6. The molecule has 0 atom stereocenters. The minimum Gasteiger partial charge on any atom is -0.481 e. The van der Waals surface area contributed by atoms with Crippen molar-refractivity contribution in [3.63, 3.8) is 0 Å². The zero-order chi connectivity index (χ0) is 20.9. The summed E-state index contributed by atoms with van der Waals surface area (Å²) < 4.78 is 1.90. The van der Waals surface area contributed by atoms with E-state index in [0.717, 1.165) is 41.8 Å². The van der Waals surface area contributed by atoms with Crippen molar-refractivity contribution in [2.24, 2.45) is 0 Å². The van der Waals surface area contributed by atoms with Gasteiger partial charge in [0.05, 0.1) is 5.69 Å². The van der Waals surface area contributed by atoms with Gasteiger partial charge in [-0.15, -0.1) is 0 Å². The molecule has 0 spiro atoms. The van der Waals surface area contributed by atoms with E-state index in [1.165, 1.54) is 0 Å². The maximum Gasteiger partial charge on any atom is 0.303 e. The molecule has 1 aromatic heterocycles. The highest BCUT2D eigenvalue weighted by molar-refractivity contribution is 5.94. The Morgan fingerprint density at radius 2 is 1.70 bits per heavy atom. The van der Waals surface area contributed by atoms with Crippen LogP contribution >= 0.6 is 0 Å². The van der Waals surface area contributed by atoms with Gasteiger partial charge in [-0.05, 0) is 43.4 Å². The number of aromatic nitrogens is 2. The van der Waals surface area contributed by atoms with Crippen molar-refractivity contribution in [1.82, 2.24) is 14.7 Å². The van der Waals surface area contributed by atoms with E-state index in [1.54, 1.807) is 4.90 Å². The number of carboxylic acids is 1. The lowest BCUT2D eigenvalue weighted by Crippen LogP contribution is -2.32. The number of hydrogen-bond acceptors (Lipinski definition) is 3. The molecular weight excluding hydrogens is 378 g/mol. The standard InChI is InChI=1S/C24H25N3O3/c28-22(29)15-8-16-26(17-18-9-3-1-4-10-18)24(30)23-20-13-7-14-21(20)27(25-23)19-11-5-2-6-12-19/h1-6,9-12H,7-8,13-17H2,(H,28,29). The molecule has 1 aliphatic rings. The van der Waals surface area contributed by atoms with Gasteiger partial charge in [-0.25, -0.2) is 4.68 Å². The van der Waals surface area contributed by atoms with E-state index in [9.17, 15) is 9.59 Å². The minimum atomic E-state index is -0.851. The topological polar surface area (TPSA) is 75.4 Å². The molecule has 3 aromatic rings. The quantitative estimate of drug-likeness (QED) is 0.620. The molecule has 0 saturated carbocycles. The number of carbonyl (C=O) groups is 2. The Morgan fingerprint density at radius 3 is 2.40 bits per heavy atom. The summed E-state index contributed by atoms with van der Waals surface area (Å²) in [5, 5.41) is 13.7. The number of carboxylic acid groups (broad SMARTS) is 1. The number of hydrogen-bond donors (Lipinski definition) is 1. The molecule has 30 heavy (non-hydrogen) atoms. The molecule has 0 bridgehead atoms. The SMILES string of the molecule is O=C(O)CCCN(Cc1ccccc1)C(=O)c1nn(-c2ccccc2)c2c1CCC2. The van der Waals surface area contributed by atoms with Crippen LogP contribution in [0.2, 0.25) is 0 Å². The fourth-order valence-electron chi connectivity index (χ4n) is 4.02. The summed E-state index contributed by atoms with van der Waals surface area (Å²) >= 11 is 0. The van der Waals surface area contributed by atoms with Gasteiger partial charge >= 0.3 is 5.97 Å². The Bertz CT molecular complexity index is 1030. The Balaban J connectivity index is 1.64. The van der Waals surface area contributed by atoms with Crippen LogP contribution in [0.25, 0.3) is 5.69 Å². The van der Waals surface area contributed by atoms with E-state index in [2.05, 4.69) is 0 Å². The monoisotopic (exact) mass is 403 g/mol. The largest absolute Gasteiger partial charge is 0.481 e. The fourth-order valence-corrected chi connectivity index (χ4v) is 4.02. The third kappa shape index (κ3) is 4.27. The van der Waals surface area contributed by atoms with E-state index in [0.29, 0.717) is 25.2 Å². The zero-order valence-electron chi connectivity index (χ0n) is 16.8. The number of fused-ring (bicyclic) bond motifs is 1. The van der Waals surface area contributed by atoms with E-state index >= 15 is 0 Å². The van der Waals surface area contributed by atoms with Crippen LogP contribution in [0.1, 0.15) is 46.6 Å². The van der Waals surface area contributed by atoms with Crippen LogP contribution in [-0.4, -0.2) is 38.2 Å². The smallest absolute Gasteiger partial charge is 0.303 e. The van der Waals surface area contributed by atoms with Gasteiger partial charge in [0.1, 0.15) is 0 Å². The number of carbonyl (C=O) groups excluding carboxylic acids is 1. The lowest BCUT2D eigenvalue weighted by molar-refractivity contribution is -0.137. The molecule has 6 nitrogen and oxygen atoms in total. The van der Waals surface area contributed by atoms with Crippen LogP contribution in [0.15, 0.2) is 60.7 Å². The fraction of sp³-hybridized carbons (Fsp3) is 0.292. The number of aliphatic carboxylic acids is 1. The summed E-state index contributed by atoms with van der Waals surface area (Å²) in [6.07, 6.45) is 3.21. The summed E-state index contributed by atoms with van der Waals surface area (Å²) in [7, 11) is 0. The summed E-state index contributed by atoms with van der Waals surface area (Å²) in [6, 6.07) is 19.7. The molecule has 2 aromatic carbocycles. The number of nitrogens with zero attached hydrogens (tertiary/aromatic N) is 3. The second-order valence-electron chi connectivity index (χ2n) is 7.58. The molecule has 1 N–H and O–H groups in total. The van der Waals surface area contributed by atoms with Gasteiger partial charge in [0.2, 0.25) is 0 Å². The first-order valence-electron chi connectivity index (χ1n) is 10.3. The summed E-state index contributed by atoms with van der Waals surface area (Å²) in [5.74, 6) is -0.978. The highest BCUT2D eigenvalue weighted by atomic mass is 16.4. The average Bonchev–Trinajstić information content (AvgIpc) is 3.36. The summed E-state index contributed by atoms with van der Waals surface area (Å²) in [4.78, 5) is 26.2. The molecule has 1 aliphatic carbocycles. The molecule has 0 radical (unpaired) electrons. The van der Waals surface area contributed by atoms with Crippen molar-refractivity contribution in [3.05, 3.63) is 83.2 Å². The van der Waals surface area contributed by atoms with Crippen LogP contribution < -0.4 is 0 Å². The molecular formula is C24H25N3O3. The summed E-state index contributed by atoms with van der Waals surface area (Å²) in [6.45, 7) is 0.819. The lowest BCUT2D eigenvalue weighted by atomic mass is 10.1. The molecule has 0 aliphatic heterocycles. The summed E-state index contributed by atoms with van der Waals surface area (Å²) in [5.41, 5.74) is 4.60. The Morgan fingerprint density at radius 1 is 1.00 bits per heavy atom. The average molecular weight is 403 g/mol. The van der Waals surface area contributed by atoms with Crippen molar-refractivity contribution >= 4 is 11.9 Å². The Kier molecular flexibility index (Phi) is 5.93. The number of para-hydroxylation sites is 1. The van der Waals surface area contributed by atoms with Crippen molar-refractivity contribution < 1.29 is 14.7 Å². The van der Waals surface area contributed by atoms with Crippen molar-refractivity contribution in [1.29, 1.82) is 0 Å². The molecule has 6 heteroatoms. The van der Waals surface area contributed by atoms with Crippen LogP contribution in [0.3, 0.4) is 0 Å². The molecule has 0 fully saturated rings. The van der Waals surface area contributed by atoms with E-state index in [1.807, 2.05) is 65.3 Å². The van der Waals surface area contributed by atoms with E-state index in [-0.39, 0.29) is 12.3 Å². The minimum absolute atomic E-state index is 0.0368. The molecule has 1 heterocycles. The second-order valence-corrected chi connectivity index (χ2v) is 7.58. The third-order valence-electron chi connectivity index (χ3n) is 5.46. The molecule has 1 amide bonds. The van der Waals surface area contributed by atoms with Crippen LogP contribution in [0, 0.1) is 0 Å². The maximum absolute atomic E-state index is 13.5. The highest BCUT2D eigenvalue weighted by Crippen LogP contribution is 2.29. The molecule has 0 unspecified atom stereocenters. The van der Waals surface area contributed by atoms with Gasteiger partial charge in [0.25, 0.3) is 5.91 Å². The Labute approximate surface area is 175 Å². The second kappa shape index (κ2) is 8.95. The first kappa shape index (κ1) is 19.9.